The fraction of sp³-hybridized carbons (Fsp3) is 0.0625. The van der Waals surface area contributed by atoms with Crippen molar-refractivity contribution in [3.05, 3.63) is 66.2 Å². The highest BCUT2D eigenvalue weighted by Gasteiger charge is 1.99. The van der Waals surface area contributed by atoms with E-state index in [1.54, 1.807) is 0 Å². The van der Waals surface area contributed by atoms with E-state index >= 15 is 0 Å². The van der Waals surface area contributed by atoms with Crippen LogP contribution in [0.5, 0.6) is 0 Å². The first-order valence-corrected chi connectivity index (χ1v) is 6.25. The molecule has 0 bridgehead atoms. The average molecular weight is 249 g/mol. The van der Waals surface area contributed by atoms with E-state index in [4.69, 9.17) is 5.73 Å². The van der Waals surface area contributed by atoms with Crippen molar-refractivity contribution in [2.24, 2.45) is 0 Å². The minimum absolute atomic E-state index is 0.763. The summed E-state index contributed by atoms with van der Waals surface area (Å²) in [6.45, 7) is 0.772. The van der Waals surface area contributed by atoms with E-state index in [-0.39, 0.29) is 0 Å². The molecule has 0 saturated heterocycles. The van der Waals surface area contributed by atoms with E-state index in [0.717, 1.165) is 29.0 Å². The number of rotatable bonds is 3. The fourth-order valence-corrected chi connectivity index (χ4v) is 2.03. The van der Waals surface area contributed by atoms with Gasteiger partial charge in [0.25, 0.3) is 0 Å². The van der Waals surface area contributed by atoms with Gasteiger partial charge in [-0.25, -0.2) is 4.98 Å². The number of benzene rings is 2. The van der Waals surface area contributed by atoms with Crippen molar-refractivity contribution < 1.29 is 0 Å². The molecule has 19 heavy (non-hydrogen) atoms. The SMILES string of the molecule is Nc1ccc2nc(NCc3ccccc3)ccc2c1. The summed E-state index contributed by atoms with van der Waals surface area (Å²) in [5.41, 5.74) is 8.71. The number of nitrogens with one attached hydrogen (secondary N) is 1. The maximum atomic E-state index is 5.75. The fourth-order valence-electron chi connectivity index (χ4n) is 2.03. The summed E-state index contributed by atoms with van der Waals surface area (Å²) >= 11 is 0. The maximum Gasteiger partial charge on any atom is 0.126 e. The Kier molecular flexibility index (Phi) is 3.02. The number of anilines is 2. The molecule has 0 atom stereocenters. The Labute approximate surface area is 112 Å². The summed E-state index contributed by atoms with van der Waals surface area (Å²) in [6.07, 6.45) is 0. The van der Waals surface area contributed by atoms with Gasteiger partial charge in [-0.1, -0.05) is 30.3 Å². The molecule has 3 aromatic rings. The first-order chi connectivity index (χ1) is 9.31. The molecule has 0 saturated carbocycles. The largest absolute Gasteiger partial charge is 0.399 e. The van der Waals surface area contributed by atoms with Crippen LogP contribution in [0.15, 0.2) is 60.7 Å². The maximum absolute atomic E-state index is 5.75. The molecule has 0 radical (unpaired) electrons. The van der Waals surface area contributed by atoms with Gasteiger partial charge in [0.2, 0.25) is 0 Å². The summed E-state index contributed by atoms with van der Waals surface area (Å²) in [6, 6.07) is 20.0. The molecule has 0 fully saturated rings. The number of nitrogens with zero attached hydrogens (tertiary/aromatic N) is 1. The smallest absolute Gasteiger partial charge is 0.126 e. The van der Waals surface area contributed by atoms with Gasteiger partial charge in [0.05, 0.1) is 5.52 Å². The number of hydrogen-bond acceptors (Lipinski definition) is 3. The lowest BCUT2D eigenvalue weighted by molar-refractivity contribution is 1.12. The van der Waals surface area contributed by atoms with E-state index in [1.807, 2.05) is 48.5 Å². The van der Waals surface area contributed by atoms with Crippen LogP contribution in [0.1, 0.15) is 5.56 Å². The molecule has 3 rings (SSSR count). The Hall–Kier alpha value is -2.55. The molecule has 0 aliphatic heterocycles. The highest BCUT2D eigenvalue weighted by Crippen LogP contribution is 2.18. The van der Waals surface area contributed by atoms with Crippen molar-refractivity contribution in [2.45, 2.75) is 6.54 Å². The van der Waals surface area contributed by atoms with Gasteiger partial charge in [0.1, 0.15) is 5.82 Å². The monoisotopic (exact) mass is 249 g/mol. The van der Waals surface area contributed by atoms with Crippen molar-refractivity contribution in [3.8, 4) is 0 Å². The summed E-state index contributed by atoms with van der Waals surface area (Å²) in [5, 5.41) is 4.39. The third kappa shape index (κ3) is 2.65. The Morgan fingerprint density at radius 2 is 1.79 bits per heavy atom. The van der Waals surface area contributed by atoms with Crippen molar-refractivity contribution >= 4 is 22.4 Å². The lowest BCUT2D eigenvalue weighted by Gasteiger charge is -2.07. The van der Waals surface area contributed by atoms with Crippen molar-refractivity contribution in [3.63, 3.8) is 0 Å². The van der Waals surface area contributed by atoms with Gasteiger partial charge in [-0.2, -0.15) is 0 Å². The van der Waals surface area contributed by atoms with Gasteiger partial charge in [-0.15, -0.1) is 0 Å². The van der Waals surface area contributed by atoms with E-state index in [2.05, 4.69) is 22.4 Å². The Morgan fingerprint density at radius 3 is 2.63 bits per heavy atom. The molecule has 0 spiro atoms. The van der Waals surface area contributed by atoms with Gasteiger partial charge in [0.15, 0.2) is 0 Å². The minimum Gasteiger partial charge on any atom is -0.399 e. The zero-order valence-electron chi connectivity index (χ0n) is 10.5. The van der Waals surface area contributed by atoms with Gasteiger partial charge >= 0.3 is 0 Å². The lowest BCUT2D eigenvalue weighted by Crippen LogP contribution is -2.01. The first kappa shape index (κ1) is 11.5. The molecule has 1 aromatic heterocycles. The third-order valence-corrected chi connectivity index (χ3v) is 3.03. The van der Waals surface area contributed by atoms with Crippen LogP contribution in [-0.4, -0.2) is 4.98 Å². The van der Waals surface area contributed by atoms with E-state index < -0.39 is 0 Å². The van der Waals surface area contributed by atoms with Gasteiger partial charge in [-0.3, -0.25) is 0 Å². The zero-order valence-corrected chi connectivity index (χ0v) is 10.5. The molecule has 1 heterocycles. The molecule has 2 aromatic carbocycles. The summed E-state index contributed by atoms with van der Waals surface area (Å²) in [5.74, 6) is 0.876. The summed E-state index contributed by atoms with van der Waals surface area (Å²) in [4.78, 5) is 4.56. The number of aromatic nitrogens is 1. The number of hydrogen-bond donors (Lipinski definition) is 2. The predicted molar refractivity (Wildman–Crippen MR) is 79.9 cm³/mol. The minimum atomic E-state index is 0.763. The molecular formula is C16H15N3. The lowest BCUT2D eigenvalue weighted by atomic mass is 10.2. The Balaban J connectivity index is 1.80. The average Bonchev–Trinajstić information content (AvgIpc) is 2.46. The number of nitrogen functional groups attached to an aromatic ring is 1. The standard InChI is InChI=1S/C16H15N3/c17-14-7-8-15-13(10-14)6-9-16(19-15)18-11-12-4-2-1-3-5-12/h1-10H,11,17H2,(H,18,19). The van der Waals surface area contributed by atoms with Crippen LogP contribution in [0.4, 0.5) is 11.5 Å². The van der Waals surface area contributed by atoms with Crippen LogP contribution in [0.3, 0.4) is 0 Å². The van der Waals surface area contributed by atoms with Crippen LogP contribution < -0.4 is 11.1 Å². The predicted octanol–water partition coefficient (Wildman–Crippen LogP) is 3.43. The van der Waals surface area contributed by atoms with Crippen LogP contribution in [0, 0.1) is 0 Å². The van der Waals surface area contributed by atoms with Gasteiger partial charge < -0.3 is 11.1 Å². The topological polar surface area (TPSA) is 50.9 Å². The van der Waals surface area contributed by atoms with Crippen LogP contribution >= 0.6 is 0 Å². The quantitative estimate of drug-likeness (QED) is 0.699. The molecule has 3 N–H and O–H groups in total. The second-order valence-corrected chi connectivity index (χ2v) is 4.49. The van der Waals surface area contributed by atoms with Crippen molar-refractivity contribution in [1.82, 2.24) is 4.98 Å². The normalized spacial score (nSPS) is 10.5. The van der Waals surface area contributed by atoms with Crippen molar-refractivity contribution in [2.75, 3.05) is 11.1 Å². The summed E-state index contributed by atoms with van der Waals surface area (Å²) < 4.78 is 0. The third-order valence-electron chi connectivity index (χ3n) is 3.03. The van der Waals surface area contributed by atoms with Crippen LogP contribution in [0.25, 0.3) is 10.9 Å². The highest BCUT2D eigenvalue weighted by atomic mass is 15.0. The molecule has 0 aliphatic carbocycles. The molecule has 3 heteroatoms. The molecule has 0 unspecified atom stereocenters. The summed E-state index contributed by atoms with van der Waals surface area (Å²) in [7, 11) is 0. The second-order valence-electron chi connectivity index (χ2n) is 4.49. The van der Waals surface area contributed by atoms with E-state index in [1.165, 1.54) is 5.56 Å². The Morgan fingerprint density at radius 1 is 0.947 bits per heavy atom. The number of fused-ring (bicyclic) bond motifs is 1. The van der Waals surface area contributed by atoms with Gasteiger partial charge in [0, 0.05) is 17.6 Å². The van der Waals surface area contributed by atoms with E-state index in [0.29, 0.717) is 0 Å². The van der Waals surface area contributed by atoms with Crippen LogP contribution in [-0.2, 0) is 6.54 Å². The van der Waals surface area contributed by atoms with Crippen LogP contribution in [0.2, 0.25) is 0 Å². The number of nitrogens with two attached hydrogens (primary N) is 1. The second kappa shape index (κ2) is 4.98. The molecule has 0 aliphatic rings. The number of pyridine rings is 1. The van der Waals surface area contributed by atoms with Crippen molar-refractivity contribution in [1.29, 1.82) is 0 Å². The molecule has 0 amide bonds. The van der Waals surface area contributed by atoms with Gasteiger partial charge in [-0.05, 0) is 35.9 Å². The molecule has 3 nitrogen and oxygen atoms in total. The highest BCUT2D eigenvalue weighted by molar-refractivity contribution is 5.83. The first-order valence-electron chi connectivity index (χ1n) is 6.25. The Bertz CT molecular complexity index is 693. The zero-order chi connectivity index (χ0) is 13.1. The molecular weight excluding hydrogens is 234 g/mol. The van der Waals surface area contributed by atoms with E-state index in [9.17, 15) is 0 Å². The molecule has 94 valence electrons.